The van der Waals surface area contributed by atoms with Gasteiger partial charge in [0.25, 0.3) is 0 Å². The third-order valence-corrected chi connectivity index (χ3v) is 5.37. The van der Waals surface area contributed by atoms with E-state index in [9.17, 15) is 9.59 Å². The summed E-state index contributed by atoms with van der Waals surface area (Å²) in [5.74, 6) is 0. The number of thiazole rings is 1. The fraction of sp³-hybridized carbons (Fsp3) is 0.476. The minimum Gasteiger partial charge on any atom is -0.445 e. The molecule has 0 saturated carbocycles. The SMILES string of the molecule is CC(C)(C)OC(=O)NC(c1nccs1)C1CCCN1C(=O)OCc1ccccc1. The molecule has 1 aromatic heterocycles. The Morgan fingerprint density at radius 3 is 2.72 bits per heavy atom. The summed E-state index contributed by atoms with van der Waals surface area (Å²) >= 11 is 1.44. The maximum atomic E-state index is 12.8. The van der Waals surface area contributed by atoms with Gasteiger partial charge in [-0.05, 0) is 39.2 Å². The van der Waals surface area contributed by atoms with Crippen molar-refractivity contribution in [1.82, 2.24) is 15.2 Å². The van der Waals surface area contributed by atoms with Gasteiger partial charge in [-0.25, -0.2) is 14.6 Å². The van der Waals surface area contributed by atoms with Crippen LogP contribution in [-0.4, -0.2) is 40.3 Å². The largest absolute Gasteiger partial charge is 0.445 e. The lowest BCUT2D eigenvalue weighted by Gasteiger charge is -2.31. The second kappa shape index (κ2) is 9.26. The highest BCUT2D eigenvalue weighted by Crippen LogP contribution is 2.31. The first-order valence-electron chi connectivity index (χ1n) is 9.70. The fourth-order valence-corrected chi connectivity index (χ4v) is 4.06. The molecule has 2 unspecified atom stereocenters. The number of aromatic nitrogens is 1. The van der Waals surface area contributed by atoms with Crippen LogP contribution in [0.1, 0.15) is 50.2 Å². The molecule has 0 radical (unpaired) electrons. The summed E-state index contributed by atoms with van der Waals surface area (Å²) in [6.45, 7) is 6.23. The minimum absolute atomic E-state index is 0.213. The van der Waals surface area contributed by atoms with Gasteiger partial charge in [0.15, 0.2) is 0 Å². The summed E-state index contributed by atoms with van der Waals surface area (Å²) in [7, 11) is 0. The highest BCUT2D eigenvalue weighted by Gasteiger charge is 2.39. The number of alkyl carbamates (subject to hydrolysis) is 1. The Morgan fingerprint density at radius 1 is 1.31 bits per heavy atom. The van der Waals surface area contributed by atoms with Crippen molar-refractivity contribution in [3.8, 4) is 0 Å². The van der Waals surface area contributed by atoms with Gasteiger partial charge in [-0.15, -0.1) is 11.3 Å². The molecule has 1 saturated heterocycles. The molecular formula is C21H27N3O4S. The van der Waals surface area contributed by atoms with Crippen LogP contribution in [0.15, 0.2) is 41.9 Å². The molecule has 0 spiro atoms. The van der Waals surface area contributed by atoms with E-state index in [0.29, 0.717) is 6.54 Å². The monoisotopic (exact) mass is 417 g/mol. The minimum atomic E-state index is -0.610. The predicted octanol–water partition coefficient (Wildman–Crippen LogP) is 4.51. The molecule has 2 amide bonds. The second-order valence-corrected chi connectivity index (χ2v) is 8.86. The number of ether oxygens (including phenoxy) is 2. The molecule has 2 heterocycles. The Kier molecular flexibility index (Phi) is 6.74. The second-order valence-electron chi connectivity index (χ2n) is 7.94. The molecule has 156 valence electrons. The van der Waals surface area contributed by atoms with Gasteiger partial charge in [0.1, 0.15) is 23.3 Å². The standard InChI is InChI=1S/C21H27N3O4S/c1-21(2,3)28-19(25)23-17(18-22-11-13-29-18)16-10-7-12-24(16)20(26)27-14-15-8-5-4-6-9-15/h4-6,8-9,11,13,16-17H,7,10,12,14H2,1-3H3,(H,23,25). The van der Waals surface area contributed by atoms with E-state index in [2.05, 4.69) is 10.3 Å². The molecule has 1 aliphatic heterocycles. The van der Waals surface area contributed by atoms with E-state index in [1.807, 2.05) is 56.5 Å². The van der Waals surface area contributed by atoms with E-state index in [1.54, 1.807) is 11.1 Å². The number of carbonyl (C=O) groups excluding carboxylic acids is 2. The zero-order valence-corrected chi connectivity index (χ0v) is 17.8. The van der Waals surface area contributed by atoms with E-state index in [4.69, 9.17) is 9.47 Å². The first-order valence-corrected chi connectivity index (χ1v) is 10.6. The third-order valence-electron chi connectivity index (χ3n) is 4.51. The van der Waals surface area contributed by atoms with Crippen molar-refractivity contribution in [1.29, 1.82) is 0 Å². The normalized spacial score (nSPS) is 17.6. The molecule has 1 N–H and O–H groups in total. The summed E-state index contributed by atoms with van der Waals surface area (Å²) in [6, 6.07) is 8.88. The van der Waals surface area contributed by atoms with Crippen molar-refractivity contribution >= 4 is 23.5 Å². The Labute approximate surface area is 175 Å². The summed E-state index contributed by atoms with van der Waals surface area (Å²) in [5, 5.41) is 5.51. The van der Waals surface area contributed by atoms with Crippen LogP contribution in [0.4, 0.5) is 9.59 Å². The zero-order valence-electron chi connectivity index (χ0n) is 17.0. The molecule has 3 rings (SSSR count). The highest BCUT2D eigenvalue weighted by atomic mass is 32.1. The maximum absolute atomic E-state index is 12.8. The third kappa shape index (κ3) is 5.93. The van der Waals surface area contributed by atoms with Crippen LogP contribution < -0.4 is 5.32 Å². The van der Waals surface area contributed by atoms with E-state index in [-0.39, 0.29) is 18.7 Å². The van der Waals surface area contributed by atoms with Crippen LogP contribution in [0.5, 0.6) is 0 Å². The molecule has 0 aliphatic carbocycles. The molecule has 7 nitrogen and oxygen atoms in total. The molecule has 0 bridgehead atoms. The first-order chi connectivity index (χ1) is 13.8. The molecular weight excluding hydrogens is 390 g/mol. The topological polar surface area (TPSA) is 80.8 Å². The smallest absolute Gasteiger partial charge is 0.410 e. The average molecular weight is 418 g/mol. The number of hydrogen-bond acceptors (Lipinski definition) is 6. The van der Waals surface area contributed by atoms with Crippen molar-refractivity contribution in [3.05, 3.63) is 52.5 Å². The first kappa shape index (κ1) is 21.1. The maximum Gasteiger partial charge on any atom is 0.410 e. The van der Waals surface area contributed by atoms with Gasteiger partial charge in [0.2, 0.25) is 0 Å². The van der Waals surface area contributed by atoms with Gasteiger partial charge in [0.05, 0.1) is 6.04 Å². The number of likely N-dealkylation sites (tertiary alicyclic amines) is 1. The molecule has 1 fully saturated rings. The van der Waals surface area contributed by atoms with Crippen LogP contribution in [0.25, 0.3) is 0 Å². The fourth-order valence-electron chi connectivity index (χ4n) is 3.31. The number of benzene rings is 1. The Bertz CT molecular complexity index is 805. The lowest BCUT2D eigenvalue weighted by atomic mass is 10.1. The van der Waals surface area contributed by atoms with E-state index < -0.39 is 17.7 Å². The number of rotatable bonds is 5. The Hall–Kier alpha value is -2.61. The predicted molar refractivity (Wildman–Crippen MR) is 111 cm³/mol. The number of amides is 2. The number of nitrogens with zero attached hydrogens (tertiary/aromatic N) is 2. The van der Waals surface area contributed by atoms with Gasteiger partial charge in [-0.3, -0.25) is 0 Å². The van der Waals surface area contributed by atoms with Gasteiger partial charge < -0.3 is 19.7 Å². The molecule has 2 aromatic rings. The zero-order chi connectivity index (χ0) is 20.9. The average Bonchev–Trinajstić information content (AvgIpc) is 3.35. The van der Waals surface area contributed by atoms with Crippen molar-refractivity contribution in [2.24, 2.45) is 0 Å². The van der Waals surface area contributed by atoms with Gasteiger partial charge in [-0.1, -0.05) is 30.3 Å². The molecule has 1 aliphatic rings. The molecule has 29 heavy (non-hydrogen) atoms. The van der Waals surface area contributed by atoms with Crippen LogP contribution in [-0.2, 0) is 16.1 Å². The van der Waals surface area contributed by atoms with E-state index in [0.717, 1.165) is 23.4 Å². The van der Waals surface area contributed by atoms with E-state index in [1.165, 1.54) is 11.3 Å². The van der Waals surface area contributed by atoms with Crippen LogP contribution >= 0.6 is 11.3 Å². The van der Waals surface area contributed by atoms with Crippen LogP contribution in [0, 0.1) is 0 Å². The van der Waals surface area contributed by atoms with Crippen molar-refractivity contribution < 1.29 is 19.1 Å². The summed E-state index contributed by atoms with van der Waals surface area (Å²) < 4.78 is 10.9. The molecule has 8 heteroatoms. The van der Waals surface area contributed by atoms with Crippen molar-refractivity contribution in [3.63, 3.8) is 0 Å². The quantitative estimate of drug-likeness (QED) is 0.774. The summed E-state index contributed by atoms with van der Waals surface area (Å²) in [6.07, 6.45) is 2.37. The number of hydrogen-bond donors (Lipinski definition) is 1. The van der Waals surface area contributed by atoms with E-state index >= 15 is 0 Å². The highest BCUT2D eigenvalue weighted by molar-refractivity contribution is 7.09. The van der Waals surface area contributed by atoms with Gasteiger partial charge in [0, 0.05) is 18.1 Å². The number of carbonyl (C=O) groups is 2. The van der Waals surface area contributed by atoms with Crippen LogP contribution in [0.3, 0.4) is 0 Å². The summed E-state index contributed by atoms with van der Waals surface area (Å²) in [4.78, 5) is 31.2. The lowest BCUT2D eigenvalue weighted by Crippen LogP contribution is -2.46. The van der Waals surface area contributed by atoms with Crippen molar-refractivity contribution in [2.75, 3.05) is 6.54 Å². The van der Waals surface area contributed by atoms with Crippen molar-refractivity contribution in [2.45, 2.75) is 57.9 Å². The Balaban J connectivity index is 1.70. The molecule has 1 aromatic carbocycles. The van der Waals surface area contributed by atoms with Crippen LogP contribution in [0.2, 0.25) is 0 Å². The van der Waals surface area contributed by atoms with Gasteiger partial charge >= 0.3 is 12.2 Å². The summed E-state index contributed by atoms with van der Waals surface area (Å²) in [5.41, 5.74) is 0.321. The molecule has 2 atom stereocenters. The Morgan fingerprint density at radius 2 is 2.07 bits per heavy atom. The van der Waals surface area contributed by atoms with Gasteiger partial charge in [-0.2, -0.15) is 0 Å². The lowest BCUT2D eigenvalue weighted by molar-refractivity contribution is 0.0452. The number of nitrogens with one attached hydrogen (secondary N) is 1.